The van der Waals surface area contributed by atoms with E-state index in [1.165, 1.54) is 6.08 Å². The Morgan fingerprint density at radius 1 is 1.75 bits per heavy atom. The Bertz CT molecular complexity index is 157. The summed E-state index contributed by atoms with van der Waals surface area (Å²) in [4.78, 5) is 0. The average molecular weight is 152 g/mol. The van der Waals surface area contributed by atoms with E-state index < -0.39 is 8.87 Å². The normalized spacial score (nSPS) is 11.1. The van der Waals surface area contributed by atoms with Crippen molar-refractivity contribution >= 4 is 19.7 Å². The van der Waals surface area contributed by atoms with Gasteiger partial charge in [-0.25, -0.2) is 8.42 Å². The van der Waals surface area contributed by atoms with Gasteiger partial charge in [0.1, 0.15) is 0 Å². The fourth-order valence-electron chi connectivity index (χ4n) is 0.212. The van der Waals surface area contributed by atoms with E-state index in [9.17, 15) is 8.42 Å². The maximum atomic E-state index is 10.5. The summed E-state index contributed by atoms with van der Waals surface area (Å²) in [6, 6.07) is 0. The molecule has 0 amide bonds. The molecule has 0 heterocycles. The van der Waals surface area contributed by atoms with Gasteiger partial charge in [0.15, 0.2) is 0 Å². The Morgan fingerprint density at radius 2 is 2.25 bits per heavy atom. The summed E-state index contributed by atoms with van der Waals surface area (Å²) in [5.74, 6) is 0.0637. The second-order valence-corrected chi connectivity index (χ2v) is 5.49. The zero-order valence-corrected chi connectivity index (χ0v) is 6.26. The molecule has 4 heteroatoms. The van der Waals surface area contributed by atoms with Gasteiger partial charge < -0.3 is 0 Å². The van der Waals surface area contributed by atoms with Crippen molar-refractivity contribution in [3.8, 4) is 0 Å². The van der Waals surface area contributed by atoms with Gasteiger partial charge in [-0.3, -0.25) is 0 Å². The van der Waals surface area contributed by atoms with Crippen molar-refractivity contribution in [1.82, 2.24) is 0 Å². The fraction of sp³-hybridized carbons (Fsp3) is 0.500. The number of hydrogen-bond acceptors (Lipinski definition) is 3. The summed E-state index contributed by atoms with van der Waals surface area (Å²) < 4.78 is 21.0. The Kier molecular flexibility index (Phi) is 3.16. The van der Waals surface area contributed by atoms with Crippen molar-refractivity contribution < 1.29 is 8.42 Å². The van der Waals surface area contributed by atoms with Crippen LogP contribution in [0, 0.1) is 0 Å². The van der Waals surface area contributed by atoms with Crippen LogP contribution in [-0.4, -0.2) is 20.4 Å². The van der Waals surface area contributed by atoms with Crippen molar-refractivity contribution in [2.75, 3.05) is 12.0 Å². The first-order valence-electron chi connectivity index (χ1n) is 2.01. The van der Waals surface area contributed by atoms with Crippen molar-refractivity contribution in [1.29, 1.82) is 0 Å². The van der Waals surface area contributed by atoms with E-state index in [0.717, 1.165) is 10.8 Å². The molecule has 2 nitrogen and oxygen atoms in total. The van der Waals surface area contributed by atoms with Gasteiger partial charge in [0.25, 0.3) is 0 Å². The van der Waals surface area contributed by atoms with Crippen molar-refractivity contribution in [2.45, 2.75) is 0 Å². The molecular weight excluding hydrogens is 144 g/mol. The van der Waals surface area contributed by atoms with Crippen LogP contribution >= 0.6 is 10.8 Å². The van der Waals surface area contributed by atoms with E-state index >= 15 is 0 Å². The Balaban J connectivity index is 3.94. The lowest BCUT2D eigenvalue weighted by atomic mass is 10.8. The van der Waals surface area contributed by atoms with Gasteiger partial charge in [-0.2, -0.15) is 0 Å². The summed E-state index contributed by atoms with van der Waals surface area (Å²) in [5.41, 5.74) is 0. The molecule has 0 fully saturated rings. The van der Waals surface area contributed by atoms with E-state index in [-0.39, 0.29) is 5.75 Å². The molecule has 0 saturated heterocycles. The monoisotopic (exact) mass is 152 g/mol. The summed E-state index contributed by atoms with van der Waals surface area (Å²) in [6.07, 6.45) is 2.92. The van der Waals surface area contributed by atoms with E-state index in [1.54, 1.807) is 6.26 Å². The van der Waals surface area contributed by atoms with Crippen LogP contribution in [0.4, 0.5) is 0 Å². The highest BCUT2D eigenvalue weighted by molar-refractivity contribution is 8.71. The molecule has 0 spiro atoms. The Hall–Kier alpha value is 0.0400. The van der Waals surface area contributed by atoms with E-state index in [4.69, 9.17) is 0 Å². The summed E-state index contributed by atoms with van der Waals surface area (Å²) in [5, 5.41) is 0. The minimum absolute atomic E-state index is 0.0637. The third-order valence-corrected chi connectivity index (χ3v) is 3.66. The minimum atomic E-state index is -2.87. The molecule has 0 aromatic rings. The van der Waals surface area contributed by atoms with Gasteiger partial charge in [-0.15, -0.1) is 6.58 Å². The maximum absolute atomic E-state index is 10.5. The smallest absolute Gasteiger partial charge is 0.204 e. The van der Waals surface area contributed by atoms with Crippen LogP contribution in [0.15, 0.2) is 12.7 Å². The van der Waals surface area contributed by atoms with E-state index in [2.05, 4.69) is 6.58 Å². The van der Waals surface area contributed by atoms with Gasteiger partial charge in [0, 0.05) is 0 Å². The van der Waals surface area contributed by atoms with Crippen molar-refractivity contribution in [3.63, 3.8) is 0 Å². The second kappa shape index (κ2) is 3.14. The van der Waals surface area contributed by atoms with Crippen LogP contribution in [0.25, 0.3) is 0 Å². The molecule has 0 radical (unpaired) electrons. The minimum Gasteiger partial charge on any atom is -0.217 e. The van der Waals surface area contributed by atoms with E-state index in [1.807, 2.05) is 0 Å². The van der Waals surface area contributed by atoms with Crippen LogP contribution in [0.3, 0.4) is 0 Å². The molecule has 0 atom stereocenters. The first-order valence-corrected chi connectivity index (χ1v) is 5.41. The first kappa shape index (κ1) is 8.04. The van der Waals surface area contributed by atoms with Gasteiger partial charge >= 0.3 is 0 Å². The lowest BCUT2D eigenvalue weighted by Gasteiger charge is -1.89. The van der Waals surface area contributed by atoms with Crippen LogP contribution in [0.1, 0.15) is 0 Å². The highest BCUT2D eigenvalue weighted by Gasteiger charge is 2.02. The molecule has 0 aliphatic heterocycles. The topological polar surface area (TPSA) is 34.1 Å². The Morgan fingerprint density at radius 3 is 2.38 bits per heavy atom. The number of hydrogen-bond donors (Lipinski definition) is 0. The number of rotatable bonds is 3. The van der Waals surface area contributed by atoms with Crippen LogP contribution in [0.5, 0.6) is 0 Å². The predicted molar refractivity (Wildman–Crippen MR) is 37.5 cm³/mol. The van der Waals surface area contributed by atoms with Crippen LogP contribution < -0.4 is 0 Å². The largest absolute Gasteiger partial charge is 0.217 e. The molecule has 8 heavy (non-hydrogen) atoms. The summed E-state index contributed by atoms with van der Waals surface area (Å²) in [7, 11) is -2.02. The Labute approximate surface area is 53.3 Å². The maximum Gasteiger partial charge on any atom is 0.204 e. The molecule has 0 aromatic heterocycles. The molecule has 0 aliphatic carbocycles. The lowest BCUT2D eigenvalue weighted by molar-refractivity contribution is 0.613. The van der Waals surface area contributed by atoms with E-state index in [0.29, 0.717) is 0 Å². The van der Waals surface area contributed by atoms with Gasteiger partial charge in [-0.05, 0) is 17.0 Å². The zero-order valence-electron chi connectivity index (χ0n) is 4.62. The van der Waals surface area contributed by atoms with Gasteiger partial charge in [-0.1, -0.05) is 6.08 Å². The molecule has 0 aliphatic rings. The quantitative estimate of drug-likeness (QED) is 0.444. The standard InChI is InChI=1S/C4H8O2S2/c1-3-4-8(5,6)7-2/h3H,1,4H2,2H3. The fourth-order valence-corrected chi connectivity index (χ4v) is 1.33. The molecule has 0 rings (SSSR count). The summed E-state index contributed by atoms with van der Waals surface area (Å²) >= 11 is 0. The molecular formula is C4H8O2S2. The van der Waals surface area contributed by atoms with Gasteiger partial charge in [0.2, 0.25) is 8.87 Å². The molecule has 0 N–H and O–H groups in total. The highest BCUT2D eigenvalue weighted by Crippen LogP contribution is 2.06. The molecule has 0 saturated carbocycles. The second-order valence-electron chi connectivity index (χ2n) is 1.18. The van der Waals surface area contributed by atoms with Crippen LogP contribution in [0.2, 0.25) is 0 Å². The predicted octanol–water partition coefficient (Wildman–Crippen LogP) is 0.865. The lowest BCUT2D eigenvalue weighted by Crippen LogP contribution is -1.95. The third kappa shape index (κ3) is 3.10. The molecule has 0 bridgehead atoms. The SMILES string of the molecule is C=CCS(=O)(=O)SC. The van der Waals surface area contributed by atoms with Crippen molar-refractivity contribution in [3.05, 3.63) is 12.7 Å². The zero-order chi connectivity index (χ0) is 6.62. The van der Waals surface area contributed by atoms with Crippen LogP contribution in [-0.2, 0) is 8.87 Å². The molecule has 0 unspecified atom stereocenters. The summed E-state index contributed by atoms with van der Waals surface area (Å²) in [6.45, 7) is 3.30. The average Bonchev–Trinajstić information content (AvgIpc) is 1.67. The molecule has 0 aromatic carbocycles. The van der Waals surface area contributed by atoms with Crippen molar-refractivity contribution in [2.24, 2.45) is 0 Å². The first-order chi connectivity index (χ1) is 3.62. The highest BCUT2D eigenvalue weighted by atomic mass is 33.1. The molecule has 48 valence electrons. The van der Waals surface area contributed by atoms with Gasteiger partial charge in [0.05, 0.1) is 5.75 Å². The third-order valence-electron chi connectivity index (χ3n) is 0.576.